The van der Waals surface area contributed by atoms with Gasteiger partial charge in [-0.15, -0.1) is 0 Å². The molecule has 0 saturated carbocycles. The predicted octanol–water partition coefficient (Wildman–Crippen LogP) is 1.70. The minimum absolute atomic E-state index is 0.0275. The van der Waals surface area contributed by atoms with Crippen molar-refractivity contribution in [2.45, 2.75) is 6.54 Å². The summed E-state index contributed by atoms with van der Waals surface area (Å²) in [5.41, 5.74) is 2.62. The summed E-state index contributed by atoms with van der Waals surface area (Å²) in [6, 6.07) is 9.24. The van der Waals surface area contributed by atoms with Gasteiger partial charge in [0.2, 0.25) is 0 Å². The molecular weight excluding hydrogens is 330 g/mol. The zero-order valence-corrected chi connectivity index (χ0v) is 14.7. The number of carbonyl (C=O) groups excluding carboxylic acids is 1. The highest BCUT2D eigenvalue weighted by Gasteiger charge is 2.24. The third-order valence-electron chi connectivity index (χ3n) is 4.74. The Labute approximate surface area is 151 Å². The van der Waals surface area contributed by atoms with Crippen LogP contribution in [0.15, 0.2) is 48.9 Å². The number of ether oxygens (including phenoxy) is 1. The average molecular weight is 351 g/mol. The predicted molar refractivity (Wildman–Crippen MR) is 97.2 cm³/mol. The zero-order valence-electron chi connectivity index (χ0n) is 14.7. The van der Waals surface area contributed by atoms with Crippen LogP contribution >= 0.6 is 0 Å². The van der Waals surface area contributed by atoms with Crippen LogP contribution < -0.4 is 4.74 Å². The molecule has 134 valence electrons. The van der Waals surface area contributed by atoms with Crippen molar-refractivity contribution in [3.05, 3.63) is 60.0 Å². The number of piperazine rings is 1. The number of carbonyl (C=O) groups is 1. The van der Waals surface area contributed by atoms with Gasteiger partial charge in [-0.25, -0.2) is 9.50 Å². The Kier molecular flexibility index (Phi) is 4.53. The monoisotopic (exact) mass is 351 g/mol. The number of aromatic nitrogens is 3. The molecule has 2 aromatic heterocycles. The molecule has 0 spiro atoms. The molecule has 3 aromatic rings. The molecule has 0 N–H and O–H groups in total. The number of nitrogens with zero attached hydrogens (tertiary/aromatic N) is 5. The highest BCUT2D eigenvalue weighted by molar-refractivity contribution is 5.97. The van der Waals surface area contributed by atoms with Crippen LogP contribution in [0.4, 0.5) is 0 Å². The fourth-order valence-electron chi connectivity index (χ4n) is 3.33. The van der Waals surface area contributed by atoms with Crippen LogP contribution in [0.5, 0.6) is 5.75 Å². The SMILES string of the molecule is COc1ccccc1C(=O)N1CCN(Cc2cnn3cccnc23)CC1. The van der Waals surface area contributed by atoms with Gasteiger partial charge in [0.05, 0.1) is 18.9 Å². The third-order valence-corrected chi connectivity index (χ3v) is 4.74. The lowest BCUT2D eigenvalue weighted by atomic mass is 10.1. The van der Waals surface area contributed by atoms with Gasteiger partial charge in [0.1, 0.15) is 5.75 Å². The largest absolute Gasteiger partial charge is 0.496 e. The standard InChI is InChI=1S/C19H21N5O2/c1-26-17-6-3-2-5-16(17)19(25)23-11-9-22(10-12-23)14-15-13-21-24-8-4-7-20-18(15)24/h2-8,13H,9-12,14H2,1H3. The van der Waals surface area contributed by atoms with Crippen LogP contribution in [-0.2, 0) is 6.54 Å². The van der Waals surface area contributed by atoms with Crippen LogP contribution in [0.1, 0.15) is 15.9 Å². The van der Waals surface area contributed by atoms with Crippen molar-refractivity contribution in [1.82, 2.24) is 24.4 Å². The number of amides is 1. The molecule has 0 atom stereocenters. The maximum absolute atomic E-state index is 12.8. The van der Waals surface area contributed by atoms with Crippen molar-refractivity contribution in [2.24, 2.45) is 0 Å². The van der Waals surface area contributed by atoms with E-state index in [1.807, 2.05) is 47.6 Å². The highest BCUT2D eigenvalue weighted by atomic mass is 16.5. The van der Waals surface area contributed by atoms with Crippen LogP contribution in [0, 0.1) is 0 Å². The lowest BCUT2D eigenvalue weighted by molar-refractivity contribution is 0.0625. The summed E-state index contributed by atoms with van der Waals surface area (Å²) < 4.78 is 7.10. The molecule has 0 bridgehead atoms. The Morgan fingerprint density at radius 2 is 1.96 bits per heavy atom. The van der Waals surface area contributed by atoms with Gasteiger partial charge >= 0.3 is 0 Å². The minimum atomic E-state index is 0.0275. The van der Waals surface area contributed by atoms with E-state index in [1.165, 1.54) is 0 Å². The molecule has 1 amide bonds. The highest BCUT2D eigenvalue weighted by Crippen LogP contribution is 2.20. The number of methoxy groups -OCH3 is 1. The quantitative estimate of drug-likeness (QED) is 0.716. The first kappa shape index (κ1) is 16.5. The van der Waals surface area contributed by atoms with Crippen LogP contribution in [-0.4, -0.2) is 63.6 Å². The van der Waals surface area contributed by atoms with E-state index in [0.717, 1.165) is 30.8 Å². The van der Waals surface area contributed by atoms with Gasteiger partial charge < -0.3 is 9.64 Å². The third kappa shape index (κ3) is 3.13. The fourth-order valence-corrected chi connectivity index (χ4v) is 3.33. The van der Waals surface area contributed by atoms with E-state index in [9.17, 15) is 4.79 Å². The van der Waals surface area contributed by atoms with Crippen molar-refractivity contribution in [3.8, 4) is 5.75 Å². The second kappa shape index (κ2) is 7.13. The molecule has 1 saturated heterocycles. The fraction of sp³-hybridized carbons (Fsp3) is 0.316. The van der Waals surface area contributed by atoms with Gasteiger partial charge in [-0.2, -0.15) is 5.10 Å². The van der Waals surface area contributed by atoms with Gasteiger partial charge in [0, 0.05) is 50.7 Å². The summed E-state index contributed by atoms with van der Waals surface area (Å²) >= 11 is 0. The maximum atomic E-state index is 12.8. The Hall–Kier alpha value is -2.93. The minimum Gasteiger partial charge on any atom is -0.496 e. The van der Waals surface area contributed by atoms with Crippen molar-refractivity contribution >= 4 is 11.6 Å². The molecule has 1 aliphatic heterocycles. The molecule has 0 unspecified atom stereocenters. The lowest BCUT2D eigenvalue weighted by Gasteiger charge is -2.34. The van der Waals surface area contributed by atoms with Crippen molar-refractivity contribution in [3.63, 3.8) is 0 Å². The maximum Gasteiger partial charge on any atom is 0.257 e. The molecule has 7 nitrogen and oxygen atoms in total. The molecule has 0 radical (unpaired) electrons. The molecular formula is C19H21N5O2. The number of fused-ring (bicyclic) bond motifs is 1. The number of rotatable bonds is 4. The first-order valence-corrected chi connectivity index (χ1v) is 8.68. The molecule has 1 aromatic carbocycles. The van der Waals surface area contributed by atoms with E-state index < -0.39 is 0 Å². The number of para-hydroxylation sites is 1. The number of hydrogen-bond acceptors (Lipinski definition) is 5. The summed E-state index contributed by atoms with van der Waals surface area (Å²) in [6.07, 6.45) is 5.55. The Balaban J connectivity index is 1.40. The van der Waals surface area contributed by atoms with Crippen LogP contribution in [0.25, 0.3) is 5.65 Å². The van der Waals surface area contributed by atoms with E-state index in [2.05, 4.69) is 15.0 Å². The number of hydrogen-bond donors (Lipinski definition) is 0. The second-order valence-electron chi connectivity index (χ2n) is 6.33. The van der Waals surface area contributed by atoms with E-state index in [4.69, 9.17) is 4.74 Å². The van der Waals surface area contributed by atoms with E-state index in [-0.39, 0.29) is 5.91 Å². The van der Waals surface area contributed by atoms with Gasteiger partial charge in [-0.3, -0.25) is 9.69 Å². The van der Waals surface area contributed by atoms with Gasteiger partial charge in [0.25, 0.3) is 5.91 Å². The molecule has 1 fully saturated rings. The molecule has 7 heteroatoms. The molecule has 3 heterocycles. The summed E-state index contributed by atoms with van der Waals surface area (Å²) in [5, 5.41) is 4.34. The smallest absolute Gasteiger partial charge is 0.257 e. The lowest BCUT2D eigenvalue weighted by Crippen LogP contribution is -2.48. The molecule has 4 rings (SSSR count). The first-order valence-electron chi connectivity index (χ1n) is 8.68. The summed E-state index contributed by atoms with van der Waals surface area (Å²) in [6.45, 7) is 3.83. The topological polar surface area (TPSA) is 63.0 Å². The Morgan fingerprint density at radius 1 is 1.15 bits per heavy atom. The molecule has 26 heavy (non-hydrogen) atoms. The zero-order chi connectivity index (χ0) is 17.9. The van der Waals surface area contributed by atoms with E-state index in [1.54, 1.807) is 17.8 Å². The van der Waals surface area contributed by atoms with Gasteiger partial charge in [0.15, 0.2) is 5.65 Å². The summed E-state index contributed by atoms with van der Waals surface area (Å²) in [7, 11) is 1.59. The van der Waals surface area contributed by atoms with E-state index in [0.29, 0.717) is 24.4 Å². The van der Waals surface area contributed by atoms with Gasteiger partial charge in [-0.1, -0.05) is 12.1 Å². The summed E-state index contributed by atoms with van der Waals surface area (Å²) in [4.78, 5) is 21.4. The molecule has 1 aliphatic rings. The van der Waals surface area contributed by atoms with Crippen LogP contribution in [0.2, 0.25) is 0 Å². The van der Waals surface area contributed by atoms with Gasteiger partial charge in [-0.05, 0) is 18.2 Å². The first-order chi connectivity index (χ1) is 12.8. The normalized spacial score (nSPS) is 15.3. The average Bonchev–Trinajstić information content (AvgIpc) is 3.11. The van der Waals surface area contributed by atoms with Crippen molar-refractivity contribution < 1.29 is 9.53 Å². The van der Waals surface area contributed by atoms with E-state index >= 15 is 0 Å². The second-order valence-corrected chi connectivity index (χ2v) is 6.33. The Bertz CT molecular complexity index is 915. The van der Waals surface area contributed by atoms with Crippen molar-refractivity contribution in [1.29, 1.82) is 0 Å². The number of benzene rings is 1. The van der Waals surface area contributed by atoms with Crippen molar-refractivity contribution in [2.75, 3.05) is 33.3 Å². The Morgan fingerprint density at radius 3 is 2.77 bits per heavy atom. The molecule has 0 aliphatic carbocycles. The summed E-state index contributed by atoms with van der Waals surface area (Å²) in [5.74, 6) is 0.650. The van der Waals surface area contributed by atoms with Crippen LogP contribution in [0.3, 0.4) is 0 Å².